The number of rotatable bonds is 5. The first-order valence-electron chi connectivity index (χ1n) is 8.95. The van der Waals surface area contributed by atoms with Crippen LogP contribution in [-0.2, 0) is 6.18 Å². The summed E-state index contributed by atoms with van der Waals surface area (Å²) in [4.78, 5) is 16.1. The quantitative estimate of drug-likeness (QED) is 0.595. The molecule has 30 heavy (non-hydrogen) atoms. The molecule has 0 spiro atoms. The molecule has 0 unspecified atom stereocenters. The third-order valence-corrected chi connectivity index (χ3v) is 4.43. The lowest BCUT2D eigenvalue weighted by atomic mass is 10.1. The van der Waals surface area contributed by atoms with Crippen molar-refractivity contribution in [1.29, 1.82) is 0 Å². The van der Waals surface area contributed by atoms with Crippen LogP contribution in [0, 0.1) is 0 Å². The van der Waals surface area contributed by atoms with Crippen molar-refractivity contribution in [3.63, 3.8) is 0 Å². The van der Waals surface area contributed by atoms with E-state index < -0.39 is 30.4 Å². The molecule has 0 aliphatic heterocycles. The van der Waals surface area contributed by atoms with Crippen molar-refractivity contribution in [2.45, 2.75) is 19.2 Å². The summed E-state index contributed by atoms with van der Waals surface area (Å²) >= 11 is 0. The number of hydrogen-bond donors (Lipinski definition) is 2. The average Bonchev–Trinajstić information content (AvgIpc) is 2.72. The van der Waals surface area contributed by atoms with Crippen LogP contribution in [0.3, 0.4) is 0 Å². The Morgan fingerprint density at radius 3 is 2.43 bits per heavy atom. The number of carbonyl (C=O) groups is 1. The third-order valence-electron chi connectivity index (χ3n) is 4.43. The normalized spacial score (nSPS) is 13.3. The first-order chi connectivity index (χ1) is 14.2. The van der Waals surface area contributed by atoms with Gasteiger partial charge in [0, 0.05) is 16.7 Å². The zero-order valence-electron chi connectivity index (χ0n) is 15.8. The minimum atomic E-state index is -4.42. The molecule has 1 atom stereocenters. The lowest BCUT2D eigenvalue weighted by Crippen LogP contribution is -2.22. The van der Waals surface area contributed by atoms with Gasteiger partial charge in [-0.05, 0) is 60.8 Å². The van der Waals surface area contributed by atoms with Crippen molar-refractivity contribution in [2.75, 3.05) is 6.61 Å². The van der Waals surface area contributed by atoms with Crippen molar-refractivity contribution in [3.05, 3.63) is 71.8 Å². The van der Waals surface area contributed by atoms with Crippen molar-refractivity contribution < 1.29 is 32.9 Å². The Morgan fingerprint density at radius 1 is 1.10 bits per heavy atom. The van der Waals surface area contributed by atoms with E-state index in [9.17, 15) is 23.1 Å². The predicted molar refractivity (Wildman–Crippen MR) is 106 cm³/mol. The van der Waals surface area contributed by atoms with Gasteiger partial charge in [-0.1, -0.05) is 12.1 Å². The minimum Gasteiger partial charge on any atom is -0.457 e. The molecule has 0 saturated heterocycles. The number of carbonyl (C=O) groups excluding carboxylic acids is 1. The molecule has 3 aromatic rings. The Labute approximate surface area is 170 Å². The van der Waals surface area contributed by atoms with Gasteiger partial charge in [0.25, 0.3) is 5.91 Å². The van der Waals surface area contributed by atoms with Crippen LogP contribution < -0.4 is 4.74 Å². The molecule has 0 aromatic heterocycles. The summed E-state index contributed by atoms with van der Waals surface area (Å²) in [5.41, 5.74) is -0.390. The molecule has 5 nitrogen and oxygen atoms in total. The van der Waals surface area contributed by atoms with Crippen LogP contribution in [0.5, 0.6) is 11.5 Å². The molecule has 2 N–H and O–H groups in total. The van der Waals surface area contributed by atoms with Gasteiger partial charge >= 0.3 is 6.18 Å². The van der Waals surface area contributed by atoms with Gasteiger partial charge in [-0.15, -0.1) is 0 Å². The van der Waals surface area contributed by atoms with E-state index in [2.05, 4.69) is 4.99 Å². The number of nitrogens with zero attached hydrogens (tertiary/aromatic N) is 1. The SMILES string of the molecule is CC(=NC(=O)c1ccc2c(Oc3ccc(C(F)(F)F)cc3)cccc2c1)[C@H](O)CO. The van der Waals surface area contributed by atoms with Gasteiger partial charge in [0.1, 0.15) is 17.6 Å². The number of aliphatic hydroxyl groups is 2. The highest BCUT2D eigenvalue weighted by molar-refractivity contribution is 6.06. The average molecular weight is 417 g/mol. The highest BCUT2D eigenvalue weighted by Crippen LogP contribution is 2.33. The van der Waals surface area contributed by atoms with Gasteiger partial charge in [-0.2, -0.15) is 13.2 Å². The van der Waals surface area contributed by atoms with Crippen LogP contribution in [0.1, 0.15) is 22.8 Å². The second-order valence-electron chi connectivity index (χ2n) is 6.57. The van der Waals surface area contributed by atoms with Crippen LogP contribution >= 0.6 is 0 Å². The standard InChI is InChI=1S/C22H18F3NO4/c1-13(19(28)12-27)26-21(29)15-5-10-18-14(11-15)3-2-4-20(18)30-17-8-6-16(7-9-17)22(23,24)25/h2-11,19,27-28H,12H2,1H3/t19-/m1/s1. The second kappa shape index (κ2) is 8.64. The Hall–Kier alpha value is -3.23. The van der Waals surface area contributed by atoms with Gasteiger partial charge in [0.05, 0.1) is 12.2 Å². The number of hydrogen-bond acceptors (Lipinski definition) is 4. The van der Waals surface area contributed by atoms with Gasteiger partial charge in [-0.3, -0.25) is 4.79 Å². The Bertz CT molecular complexity index is 1090. The first kappa shape index (κ1) is 21.5. The first-order valence-corrected chi connectivity index (χ1v) is 8.95. The molecule has 8 heteroatoms. The number of benzene rings is 3. The van der Waals surface area contributed by atoms with E-state index in [4.69, 9.17) is 9.84 Å². The fourth-order valence-corrected chi connectivity index (χ4v) is 2.75. The molecule has 3 aromatic carbocycles. The number of halogens is 3. The Morgan fingerprint density at radius 2 is 1.80 bits per heavy atom. The molecule has 1 amide bonds. The molecule has 156 valence electrons. The van der Waals surface area contributed by atoms with Crippen molar-refractivity contribution in [3.8, 4) is 11.5 Å². The van der Waals surface area contributed by atoms with E-state index in [-0.39, 0.29) is 17.0 Å². The zero-order valence-corrected chi connectivity index (χ0v) is 15.8. The van der Waals surface area contributed by atoms with E-state index in [0.29, 0.717) is 16.5 Å². The number of aliphatic imine (C=N–C) groups is 1. The van der Waals surface area contributed by atoms with Crippen molar-refractivity contribution >= 4 is 22.4 Å². The number of ether oxygens (including phenoxy) is 1. The van der Waals surface area contributed by atoms with E-state index >= 15 is 0 Å². The summed E-state index contributed by atoms with van der Waals surface area (Å²) in [6, 6.07) is 14.3. The Balaban J connectivity index is 1.87. The zero-order chi connectivity index (χ0) is 21.9. The lowest BCUT2D eigenvalue weighted by Gasteiger charge is -2.11. The maximum Gasteiger partial charge on any atom is 0.416 e. The molecule has 0 heterocycles. The summed E-state index contributed by atoms with van der Waals surface area (Å²) in [5, 5.41) is 19.8. The molecule has 0 aliphatic rings. The van der Waals surface area contributed by atoms with E-state index in [1.165, 1.54) is 25.1 Å². The summed E-state index contributed by atoms with van der Waals surface area (Å²) in [6.45, 7) is 0.904. The number of alkyl halides is 3. The van der Waals surface area contributed by atoms with Gasteiger partial charge < -0.3 is 14.9 Å². The maximum atomic E-state index is 12.7. The van der Waals surface area contributed by atoms with Gasteiger partial charge in [-0.25, -0.2) is 4.99 Å². The topological polar surface area (TPSA) is 79.1 Å². The molecule has 0 bridgehead atoms. The largest absolute Gasteiger partial charge is 0.457 e. The smallest absolute Gasteiger partial charge is 0.416 e. The van der Waals surface area contributed by atoms with E-state index in [1.807, 2.05) is 0 Å². The van der Waals surface area contributed by atoms with Crippen LogP contribution in [-0.4, -0.2) is 34.5 Å². The predicted octanol–water partition coefficient (Wildman–Crippen LogP) is 4.61. The molecule has 3 rings (SSSR count). The van der Waals surface area contributed by atoms with Crippen LogP contribution in [0.4, 0.5) is 13.2 Å². The number of aliphatic hydroxyl groups excluding tert-OH is 2. The number of fused-ring (bicyclic) bond motifs is 1. The van der Waals surface area contributed by atoms with Gasteiger partial charge in [0.2, 0.25) is 0 Å². The van der Waals surface area contributed by atoms with Crippen molar-refractivity contribution in [2.24, 2.45) is 4.99 Å². The fraction of sp³-hybridized carbons (Fsp3) is 0.182. The summed E-state index contributed by atoms with van der Waals surface area (Å²) < 4.78 is 43.8. The molecule has 0 aliphatic carbocycles. The monoisotopic (exact) mass is 417 g/mol. The lowest BCUT2D eigenvalue weighted by molar-refractivity contribution is -0.137. The molecule has 0 fully saturated rings. The number of amides is 1. The third kappa shape index (κ3) is 4.84. The fourth-order valence-electron chi connectivity index (χ4n) is 2.75. The Kier molecular flexibility index (Phi) is 6.19. The molecule has 0 radical (unpaired) electrons. The van der Waals surface area contributed by atoms with Gasteiger partial charge in [0.15, 0.2) is 0 Å². The highest BCUT2D eigenvalue weighted by atomic mass is 19.4. The molecular formula is C22H18F3NO4. The van der Waals surface area contributed by atoms with Crippen LogP contribution in [0.25, 0.3) is 10.8 Å². The van der Waals surface area contributed by atoms with Crippen LogP contribution in [0.2, 0.25) is 0 Å². The minimum absolute atomic E-state index is 0.0991. The second-order valence-corrected chi connectivity index (χ2v) is 6.57. The maximum absolute atomic E-state index is 12.7. The van der Waals surface area contributed by atoms with E-state index in [0.717, 1.165) is 12.1 Å². The summed E-state index contributed by atoms with van der Waals surface area (Å²) in [6.07, 6.45) is -5.63. The molecular weight excluding hydrogens is 399 g/mol. The van der Waals surface area contributed by atoms with E-state index in [1.54, 1.807) is 30.3 Å². The molecule has 0 saturated carbocycles. The summed E-state index contributed by atoms with van der Waals surface area (Å²) in [7, 11) is 0. The highest BCUT2D eigenvalue weighted by Gasteiger charge is 2.30. The van der Waals surface area contributed by atoms with Crippen molar-refractivity contribution in [1.82, 2.24) is 0 Å². The van der Waals surface area contributed by atoms with Crippen LogP contribution in [0.15, 0.2) is 65.7 Å². The summed E-state index contributed by atoms with van der Waals surface area (Å²) in [5.74, 6) is 0.0893.